The maximum atomic E-state index is 13.0. The summed E-state index contributed by atoms with van der Waals surface area (Å²) in [5, 5.41) is 17.8. The first-order chi connectivity index (χ1) is 14.7. The standard InChI is InChI=1S/C18H23N5O5S3/c1-18(2)12(16(26)27)23-14(25)11(15(23)31-18)21-13(24)10(9-7-30-17(19)20-9)22-28-8-3-5-29-6-4-8/h7-8,11-12,15H,3-6H2,1-2H3,(H2,19,20)(H,21,24)(H,26,27)/t11-,12-,15+/m0/s1. The Morgan fingerprint density at radius 1 is 1.39 bits per heavy atom. The number of aliphatic carboxylic acids is 1. The molecule has 2 amide bonds. The van der Waals surface area contributed by atoms with Crippen molar-refractivity contribution in [3.05, 3.63) is 11.1 Å². The third kappa shape index (κ3) is 4.22. The summed E-state index contributed by atoms with van der Waals surface area (Å²) in [6, 6.07) is -1.78. The van der Waals surface area contributed by atoms with Crippen LogP contribution in [0.5, 0.6) is 0 Å². The van der Waals surface area contributed by atoms with E-state index in [1.54, 1.807) is 19.2 Å². The summed E-state index contributed by atoms with van der Waals surface area (Å²) in [6.45, 7) is 3.56. The summed E-state index contributed by atoms with van der Waals surface area (Å²) in [4.78, 5) is 48.5. The second-order valence-corrected chi connectivity index (χ2v) is 11.9. The lowest BCUT2D eigenvalue weighted by atomic mass is 9.96. The van der Waals surface area contributed by atoms with Gasteiger partial charge in [-0.2, -0.15) is 11.8 Å². The first-order valence-corrected chi connectivity index (χ1v) is 12.7. The molecule has 0 bridgehead atoms. The minimum absolute atomic E-state index is 0.0468. The lowest BCUT2D eigenvalue weighted by molar-refractivity contribution is -0.160. The molecule has 0 saturated carbocycles. The molecule has 10 nitrogen and oxygen atoms in total. The maximum Gasteiger partial charge on any atom is 0.327 e. The number of thioether (sulfide) groups is 2. The summed E-state index contributed by atoms with van der Waals surface area (Å²) in [7, 11) is 0. The molecule has 31 heavy (non-hydrogen) atoms. The van der Waals surface area contributed by atoms with Gasteiger partial charge in [0.05, 0.1) is 0 Å². The van der Waals surface area contributed by atoms with Gasteiger partial charge in [0.1, 0.15) is 29.3 Å². The average Bonchev–Trinajstić information content (AvgIpc) is 3.25. The van der Waals surface area contributed by atoms with Crippen LogP contribution in [0.15, 0.2) is 10.5 Å². The van der Waals surface area contributed by atoms with Gasteiger partial charge >= 0.3 is 5.97 Å². The van der Waals surface area contributed by atoms with E-state index in [1.165, 1.54) is 28.0 Å². The molecule has 3 fully saturated rings. The molecule has 4 rings (SSSR count). The Morgan fingerprint density at radius 3 is 2.71 bits per heavy atom. The fourth-order valence-corrected chi connectivity index (χ4v) is 7.10. The van der Waals surface area contributed by atoms with Crippen molar-refractivity contribution in [1.82, 2.24) is 15.2 Å². The van der Waals surface area contributed by atoms with E-state index in [0.717, 1.165) is 24.3 Å². The molecule has 4 heterocycles. The first-order valence-electron chi connectivity index (χ1n) is 9.75. The van der Waals surface area contributed by atoms with Crippen molar-refractivity contribution < 1.29 is 24.3 Å². The number of nitrogen functional groups attached to an aromatic ring is 1. The molecule has 3 saturated heterocycles. The van der Waals surface area contributed by atoms with Crippen LogP contribution < -0.4 is 11.1 Å². The Balaban J connectivity index is 1.50. The number of aromatic nitrogens is 1. The number of carbonyl (C=O) groups is 3. The number of amides is 2. The van der Waals surface area contributed by atoms with Crippen LogP contribution in [0.3, 0.4) is 0 Å². The van der Waals surface area contributed by atoms with Gasteiger partial charge in [-0.3, -0.25) is 9.59 Å². The lowest BCUT2D eigenvalue weighted by Crippen LogP contribution is -2.71. The van der Waals surface area contributed by atoms with Gasteiger partial charge in [-0.05, 0) is 38.2 Å². The Bertz CT molecular complexity index is 929. The van der Waals surface area contributed by atoms with Crippen LogP contribution in [0.25, 0.3) is 0 Å². The number of oxime groups is 1. The minimum Gasteiger partial charge on any atom is -0.480 e. The number of carboxylic acid groups (broad SMARTS) is 1. The highest BCUT2D eigenvalue weighted by Crippen LogP contribution is 2.50. The molecule has 1 aromatic heterocycles. The molecule has 4 N–H and O–H groups in total. The highest BCUT2D eigenvalue weighted by molar-refractivity contribution is 8.01. The van der Waals surface area contributed by atoms with Crippen molar-refractivity contribution >= 4 is 63.5 Å². The number of nitrogens with two attached hydrogens (primary N) is 1. The quantitative estimate of drug-likeness (QED) is 0.305. The van der Waals surface area contributed by atoms with E-state index in [9.17, 15) is 19.5 Å². The normalized spacial score (nSPS) is 28.1. The molecule has 3 atom stereocenters. The zero-order valence-electron chi connectivity index (χ0n) is 16.9. The van der Waals surface area contributed by atoms with Gasteiger partial charge in [0, 0.05) is 10.1 Å². The zero-order chi connectivity index (χ0) is 22.3. The fraction of sp³-hybridized carbons (Fsp3) is 0.611. The highest BCUT2D eigenvalue weighted by atomic mass is 32.2. The predicted octanol–water partition coefficient (Wildman–Crippen LogP) is 0.973. The number of β-lactam (4-membered cyclic amide) rings is 1. The summed E-state index contributed by atoms with van der Waals surface area (Å²) in [5.74, 6) is -0.150. The molecule has 0 radical (unpaired) electrons. The maximum absolute atomic E-state index is 13.0. The van der Waals surface area contributed by atoms with Crippen LogP contribution in [-0.2, 0) is 19.2 Å². The molecule has 0 unspecified atom stereocenters. The molecular weight excluding hydrogens is 462 g/mol. The van der Waals surface area contributed by atoms with Gasteiger partial charge < -0.3 is 25.9 Å². The number of fused-ring (bicyclic) bond motifs is 1. The van der Waals surface area contributed by atoms with Crippen molar-refractivity contribution in [3.8, 4) is 0 Å². The second kappa shape index (κ2) is 8.51. The van der Waals surface area contributed by atoms with E-state index in [-0.39, 0.29) is 22.6 Å². The number of nitrogens with one attached hydrogen (secondary N) is 1. The molecule has 0 spiro atoms. The summed E-state index contributed by atoms with van der Waals surface area (Å²) in [6.07, 6.45) is 1.59. The number of thiazole rings is 1. The Morgan fingerprint density at radius 2 is 2.10 bits per heavy atom. The summed E-state index contributed by atoms with van der Waals surface area (Å²) < 4.78 is -0.673. The van der Waals surface area contributed by atoms with E-state index >= 15 is 0 Å². The van der Waals surface area contributed by atoms with Crippen LogP contribution in [-0.4, -0.2) is 78.3 Å². The van der Waals surface area contributed by atoms with Crippen molar-refractivity contribution in [3.63, 3.8) is 0 Å². The number of hydrogen-bond donors (Lipinski definition) is 3. The lowest BCUT2D eigenvalue weighted by Gasteiger charge is -2.43. The van der Waals surface area contributed by atoms with Crippen LogP contribution in [0.2, 0.25) is 0 Å². The SMILES string of the molecule is CC1(C)S[C@@H]2[C@@H](NC(=O)C(=NOC3CCSCC3)c3csc(N)n3)C(=O)N2[C@H]1C(=O)O. The topological polar surface area (TPSA) is 147 Å². The van der Waals surface area contributed by atoms with E-state index < -0.39 is 40.0 Å². The van der Waals surface area contributed by atoms with Gasteiger partial charge in [-0.25, -0.2) is 9.78 Å². The molecular formula is C18H23N5O5S3. The molecule has 1 aromatic rings. The largest absolute Gasteiger partial charge is 0.480 e. The number of hydrogen-bond acceptors (Lipinski definition) is 10. The fourth-order valence-electron chi connectivity index (χ4n) is 3.86. The monoisotopic (exact) mass is 485 g/mol. The molecule has 0 aliphatic carbocycles. The smallest absolute Gasteiger partial charge is 0.327 e. The number of rotatable bonds is 6. The van der Waals surface area contributed by atoms with Gasteiger partial charge in [0.25, 0.3) is 5.91 Å². The highest BCUT2D eigenvalue weighted by Gasteiger charge is 2.64. The molecule has 168 valence electrons. The van der Waals surface area contributed by atoms with Crippen molar-refractivity contribution in [2.45, 2.75) is 55.0 Å². The van der Waals surface area contributed by atoms with Crippen LogP contribution in [0, 0.1) is 0 Å². The molecule has 3 aliphatic rings. The van der Waals surface area contributed by atoms with Crippen LogP contribution >= 0.6 is 34.9 Å². The third-order valence-corrected chi connectivity index (χ3v) is 8.70. The van der Waals surface area contributed by atoms with Crippen molar-refractivity contribution in [1.29, 1.82) is 0 Å². The molecule has 3 aliphatic heterocycles. The Labute approximate surface area is 191 Å². The Hall–Kier alpha value is -1.99. The molecule has 13 heteroatoms. The number of carboxylic acids is 1. The first kappa shape index (κ1) is 22.2. The Kier molecular flexibility index (Phi) is 6.10. The number of carbonyl (C=O) groups excluding carboxylic acids is 2. The van der Waals surface area contributed by atoms with Crippen LogP contribution in [0.1, 0.15) is 32.4 Å². The second-order valence-electron chi connectivity index (χ2n) is 7.98. The summed E-state index contributed by atoms with van der Waals surface area (Å²) in [5.41, 5.74) is 5.94. The number of nitrogens with zero attached hydrogens (tertiary/aromatic N) is 3. The van der Waals surface area contributed by atoms with Crippen molar-refractivity contribution in [2.75, 3.05) is 17.2 Å². The van der Waals surface area contributed by atoms with Gasteiger partial charge in [0.2, 0.25) is 5.91 Å². The summed E-state index contributed by atoms with van der Waals surface area (Å²) >= 11 is 4.38. The van der Waals surface area contributed by atoms with Crippen molar-refractivity contribution in [2.24, 2.45) is 5.16 Å². The van der Waals surface area contributed by atoms with Gasteiger partial charge in [-0.15, -0.1) is 23.1 Å². The zero-order valence-corrected chi connectivity index (χ0v) is 19.4. The van der Waals surface area contributed by atoms with E-state index in [0.29, 0.717) is 0 Å². The van der Waals surface area contributed by atoms with E-state index in [2.05, 4.69) is 15.5 Å². The predicted molar refractivity (Wildman–Crippen MR) is 120 cm³/mol. The van der Waals surface area contributed by atoms with Crippen LogP contribution in [0.4, 0.5) is 5.13 Å². The van der Waals surface area contributed by atoms with Gasteiger partial charge in [0.15, 0.2) is 10.8 Å². The minimum atomic E-state index is -1.06. The number of anilines is 1. The van der Waals surface area contributed by atoms with E-state index in [1.807, 2.05) is 11.8 Å². The van der Waals surface area contributed by atoms with Gasteiger partial charge in [-0.1, -0.05) is 5.16 Å². The molecule has 0 aromatic carbocycles. The average molecular weight is 486 g/mol. The van der Waals surface area contributed by atoms with E-state index in [4.69, 9.17) is 10.6 Å². The third-order valence-electron chi connectivity index (χ3n) is 5.40.